The monoisotopic (exact) mass is 1560 g/mol. The zero-order chi connectivity index (χ0) is 73.0. The quantitative estimate of drug-likeness (QED) is 0.0988. The van der Waals surface area contributed by atoms with Gasteiger partial charge in [0.25, 0.3) is 0 Å². The molecule has 0 atom stereocenters. The molecule has 0 saturated heterocycles. The topological polar surface area (TPSA) is 175 Å². The summed E-state index contributed by atoms with van der Waals surface area (Å²) in [6.07, 6.45) is 33.3. The van der Waals surface area contributed by atoms with Gasteiger partial charge in [-0.25, -0.2) is 15.0 Å². The summed E-state index contributed by atoms with van der Waals surface area (Å²) in [6, 6.07) is 69.4. The van der Waals surface area contributed by atoms with Crippen molar-refractivity contribution < 1.29 is 9.59 Å². The Morgan fingerprint density at radius 1 is 0.443 bits per heavy atom. The summed E-state index contributed by atoms with van der Waals surface area (Å²) < 4.78 is 2.10. The van der Waals surface area contributed by atoms with E-state index in [1.54, 1.807) is 12.4 Å². The van der Waals surface area contributed by atoms with Crippen LogP contribution in [0.2, 0.25) is 0 Å². The molecule has 538 valence electrons. The van der Waals surface area contributed by atoms with Gasteiger partial charge < -0.3 is 11.1 Å². The highest BCUT2D eigenvalue weighted by molar-refractivity contribution is 9.11. The summed E-state index contributed by atoms with van der Waals surface area (Å²) in [7, 11) is 0. The molecule has 0 radical (unpaired) electrons. The van der Waals surface area contributed by atoms with E-state index in [9.17, 15) is 9.59 Å². The van der Waals surface area contributed by atoms with Crippen LogP contribution in [-0.2, 0) is 29.0 Å². The maximum absolute atomic E-state index is 12.7. The van der Waals surface area contributed by atoms with Crippen LogP contribution in [0.1, 0.15) is 124 Å². The average molecular weight is 1570 g/mol. The number of rotatable bonds is 14. The van der Waals surface area contributed by atoms with Gasteiger partial charge in [-0.2, -0.15) is 0 Å². The van der Waals surface area contributed by atoms with Crippen LogP contribution in [0.25, 0.3) is 53.9 Å². The average Bonchev–Trinajstić information content (AvgIpc) is 0.816. The lowest BCUT2D eigenvalue weighted by Crippen LogP contribution is -2.10. The molecule has 3 N–H and O–H groups in total. The third-order valence-corrected chi connectivity index (χ3v) is 22.1. The van der Waals surface area contributed by atoms with E-state index < -0.39 is 0 Å². The number of thioether (sulfide) groups is 2. The molecule has 7 aromatic heterocycles. The summed E-state index contributed by atoms with van der Waals surface area (Å²) >= 11 is 10.7. The molecule has 7 heterocycles. The number of hydrogen-bond acceptors (Lipinski definition) is 13. The van der Waals surface area contributed by atoms with Crippen LogP contribution in [0, 0.1) is 13.8 Å². The minimum atomic E-state index is -0.0804. The molecule has 0 bridgehead atoms. The number of fused-ring (bicyclic) bond motifs is 5. The lowest BCUT2D eigenvalue weighted by Gasteiger charge is -2.21. The van der Waals surface area contributed by atoms with Gasteiger partial charge in [-0.1, -0.05) is 240 Å². The molecule has 2 aliphatic carbocycles. The number of carbonyl (C=O) groups is 2. The number of carbonyl (C=O) groups excluding carboxylic acids is 2. The largest absolute Gasteiger partial charge is 0.326 e. The van der Waals surface area contributed by atoms with Gasteiger partial charge in [-0.3, -0.25) is 34.5 Å². The van der Waals surface area contributed by atoms with Crippen molar-refractivity contribution >= 4 is 138 Å². The van der Waals surface area contributed by atoms with Gasteiger partial charge in [0.05, 0.1) is 34.5 Å². The van der Waals surface area contributed by atoms with Gasteiger partial charge in [0.2, 0.25) is 5.91 Å². The predicted octanol–water partition coefficient (Wildman–Crippen LogP) is 23.6. The standard InChI is InChI=1S/C25H28N2OS.C22H16N2.C13H20N2S.C11H10N2O.2C9H6BrN.CH4/c1-18-11-12-19(25(27-18)29-23-8-3-2-4-9-23)13-14-22(28)15-21-17-26-16-20-7-5-6-10-24(20)21;1-3-9-17(10-4-1)22(18-11-5-2-6-12-18)24-21-16-23-15-19-13-7-8-14-20(19)21;1-10-7-8-11(9-14)13(15-10)16-12-5-3-2-4-6-12;1-8(14)13-11-7-12-6-9-4-2-3-5-10(9)11;2*10-9-6-11-5-7-3-1-2-4-8(7)9;/h5-7,10-12,16-17,23H,2-4,8-9,13-15H2,1H3;1-16H;7-8,12H,2-6,9,14H2,1H3;2-7H,1H3,(H,13,14);2*1-6H;1H4. The molecule has 0 aliphatic heterocycles. The Hall–Kier alpha value is -9.68. The fourth-order valence-corrected chi connectivity index (χ4v) is 16.4. The van der Waals surface area contributed by atoms with Crippen molar-refractivity contribution in [2.45, 2.75) is 139 Å². The number of anilines is 1. The van der Waals surface area contributed by atoms with E-state index in [4.69, 9.17) is 15.7 Å². The predicted molar refractivity (Wildman–Crippen MR) is 452 cm³/mol. The number of aliphatic imine (C=N–C) groups is 1. The first-order valence-corrected chi connectivity index (χ1v) is 39.2. The second-order valence-corrected chi connectivity index (χ2v) is 30.2. The molecule has 16 rings (SSSR count). The van der Waals surface area contributed by atoms with E-state index in [0.717, 1.165) is 108 Å². The fourth-order valence-electron chi connectivity index (χ4n) is 12.6. The van der Waals surface area contributed by atoms with Crippen molar-refractivity contribution in [1.82, 2.24) is 34.9 Å². The summed E-state index contributed by atoms with van der Waals surface area (Å²) in [5.74, 6) is 0.181. The van der Waals surface area contributed by atoms with E-state index in [1.807, 2.05) is 220 Å². The number of ketones is 1. The zero-order valence-electron chi connectivity index (χ0n) is 59.5. The summed E-state index contributed by atoms with van der Waals surface area (Å²) in [6.45, 7) is 6.18. The van der Waals surface area contributed by atoms with Crippen molar-refractivity contribution in [1.29, 1.82) is 0 Å². The number of Topliss-reactive ketones (excluding diaryl/α,β-unsaturated/α-hetero) is 1. The highest BCUT2D eigenvalue weighted by atomic mass is 79.9. The molecule has 0 unspecified atom stereocenters. The van der Waals surface area contributed by atoms with Gasteiger partial charge in [0, 0.05) is 156 Å². The van der Waals surface area contributed by atoms with Crippen LogP contribution in [0.5, 0.6) is 0 Å². The highest BCUT2D eigenvalue weighted by Gasteiger charge is 2.20. The molecule has 1 amide bonds. The normalized spacial score (nSPS) is 12.6. The van der Waals surface area contributed by atoms with Crippen LogP contribution in [0.4, 0.5) is 11.4 Å². The summed E-state index contributed by atoms with van der Waals surface area (Å²) in [5.41, 5.74) is 16.1. The minimum Gasteiger partial charge on any atom is -0.326 e. The molecule has 2 saturated carbocycles. The third-order valence-electron chi connectivity index (χ3n) is 18.0. The smallest absolute Gasteiger partial charge is 0.221 e. The number of hydrogen-bond donors (Lipinski definition) is 2. The van der Waals surface area contributed by atoms with Crippen molar-refractivity contribution in [3.63, 3.8) is 0 Å². The van der Waals surface area contributed by atoms with Crippen LogP contribution in [0.15, 0.2) is 292 Å². The van der Waals surface area contributed by atoms with Crippen molar-refractivity contribution in [2.24, 2.45) is 10.7 Å². The molecule has 14 aromatic rings. The number of halogens is 2. The first kappa shape index (κ1) is 78.9. The number of aryl methyl sites for hydroxylation is 3. The third kappa shape index (κ3) is 23.2. The van der Waals surface area contributed by atoms with Crippen molar-refractivity contribution in [2.75, 3.05) is 5.32 Å². The van der Waals surface area contributed by atoms with E-state index in [1.165, 1.54) is 104 Å². The second kappa shape index (κ2) is 41.3. The number of pyridine rings is 7. The number of amides is 1. The Balaban J connectivity index is 0.000000141. The highest BCUT2D eigenvalue weighted by Crippen LogP contribution is 2.37. The Labute approximate surface area is 648 Å². The molecule has 2 aliphatic rings. The molecular formula is C90H90Br2N10O2S2. The fraction of sp³-hybridized carbons (Fsp3) is 0.222. The van der Waals surface area contributed by atoms with Gasteiger partial charge >= 0.3 is 0 Å². The van der Waals surface area contributed by atoms with E-state index >= 15 is 0 Å². The molecular weight excluding hydrogens is 1480 g/mol. The maximum Gasteiger partial charge on any atom is 0.221 e. The van der Waals surface area contributed by atoms with E-state index in [-0.39, 0.29) is 19.1 Å². The zero-order valence-corrected chi connectivity index (χ0v) is 64.3. The Morgan fingerprint density at radius 2 is 0.840 bits per heavy atom. The summed E-state index contributed by atoms with van der Waals surface area (Å²) in [4.78, 5) is 58.9. The van der Waals surface area contributed by atoms with Crippen LogP contribution in [0.3, 0.4) is 0 Å². The van der Waals surface area contributed by atoms with E-state index in [2.05, 4.69) is 140 Å². The Morgan fingerprint density at radius 3 is 1.33 bits per heavy atom. The first-order valence-electron chi connectivity index (χ1n) is 35.8. The molecule has 106 heavy (non-hydrogen) atoms. The Kier molecular flexibility index (Phi) is 30.7. The van der Waals surface area contributed by atoms with Gasteiger partial charge in [-0.05, 0) is 123 Å². The van der Waals surface area contributed by atoms with Crippen molar-refractivity contribution in [3.8, 4) is 0 Å². The van der Waals surface area contributed by atoms with Crippen LogP contribution >= 0.6 is 55.4 Å². The minimum absolute atomic E-state index is 0. The second-order valence-electron chi connectivity index (χ2n) is 25.9. The van der Waals surface area contributed by atoms with Crippen molar-refractivity contribution in [3.05, 3.63) is 316 Å². The summed E-state index contributed by atoms with van der Waals surface area (Å²) in [5, 5.41) is 17.7. The van der Waals surface area contributed by atoms with Gasteiger partial charge in [-0.15, -0.1) is 23.5 Å². The lowest BCUT2D eigenvalue weighted by atomic mass is 10.0. The Bertz CT molecular complexity index is 5050. The first-order chi connectivity index (χ1) is 51.4. The lowest BCUT2D eigenvalue weighted by molar-refractivity contribution is -0.118. The molecule has 2 fully saturated rings. The maximum atomic E-state index is 12.7. The number of aromatic nitrogens is 7. The van der Waals surface area contributed by atoms with Gasteiger partial charge in [0.15, 0.2) is 0 Å². The number of nitrogens with zero attached hydrogens (tertiary/aromatic N) is 8. The number of nitrogens with one attached hydrogen (secondary N) is 1. The van der Waals surface area contributed by atoms with E-state index in [0.29, 0.717) is 24.6 Å². The molecule has 16 heteroatoms. The molecule has 12 nitrogen and oxygen atoms in total. The molecule has 7 aromatic carbocycles. The number of nitrogens with two attached hydrogens (primary N) is 1. The van der Waals surface area contributed by atoms with Crippen LogP contribution in [-0.4, -0.2) is 62.8 Å². The SMILES string of the molecule is Brc1cncc2ccccc12.Brc1cncc2ccccc12.C.CC(=O)Nc1cncc2ccccc12.Cc1ccc(CCC(=O)Cc2cncc3ccccc23)c(SC2CCCCC2)n1.Cc1ccc(CN)c(SC2CCCCC2)n1.c1ccc(C(=Nc2cncc3ccccc23)c2ccccc2)cc1. The van der Waals surface area contributed by atoms with Gasteiger partial charge in [0.1, 0.15) is 10.8 Å². The number of benzene rings is 7. The van der Waals surface area contributed by atoms with Crippen LogP contribution < -0.4 is 11.1 Å². The molecule has 0 spiro atoms.